The third kappa shape index (κ3) is 4.78. The third-order valence-electron chi connectivity index (χ3n) is 7.96. The van der Waals surface area contributed by atoms with E-state index in [-0.39, 0.29) is 47.3 Å². The summed E-state index contributed by atoms with van der Waals surface area (Å²) in [6.07, 6.45) is 0. The van der Waals surface area contributed by atoms with Crippen molar-refractivity contribution in [2.45, 2.75) is 36.1 Å². The number of morpholine rings is 1. The Morgan fingerprint density at radius 2 is 1.76 bits per heavy atom. The van der Waals surface area contributed by atoms with E-state index in [1.807, 2.05) is 10.2 Å². The van der Waals surface area contributed by atoms with E-state index in [0.717, 1.165) is 4.90 Å². The minimum absolute atomic E-state index is 0.0377. The van der Waals surface area contributed by atoms with Gasteiger partial charge in [-0.3, -0.25) is 24.6 Å². The number of phenols is 1. The van der Waals surface area contributed by atoms with E-state index < -0.39 is 45.8 Å². The molecule has 2 aromatic carbocycles. The molecular formula is C25H21B6FN4O5. The van der Waals surface area contributed by atoms with Gasteiger partial charge in [0.25, 0.3) is 5.91 Å². The Bertz CT molecular complexity index is 1450. The van der Waals surface area contributed by atoms with Crippen molar-refractivity contribution in [1.82, 2.24) is 15.1 Å². The maximum Gasteiger partial charge on any atom is 0.255 e. The molecule has 3 aliphatic rings. The summed E-state index contributed by atoms with van der Waals surface area (Å²) < 4.78 is 21.1. The van der Waals surface area contributed by atoms with Gasteiger partial charge in [0.1, 0.15) is 33.3 Å². The molecule has 3 amide bonds. The Kier molecular flexibility index (Phi) is 7.61. The summed E-state index contributed by atoms with van der Waals surface area (Å²) >= 11 is 0. The number of imide groups is 1. The molecule has 2 saturated heterocycles. The Morgan fingerprint density at radius 3 is 2.44 bits per heavy atom. The van der Waals surface area contributed by atoms with Crippen molar-refractivity contribution in [1.29, 1.82) is 0 Å². The van der Waals surface area contributed by atoms with Crippen LogP contribution in [-0.2, 0) is 34.0 Å². The van der Waals surface area contributed by atoms with Crippen molar-refractivity contribution in [3.63, 3.8) is 0 Å². The lowest BCUT2D eigenvalue weighted by atomic mass is 9.26. The van der Waals surface area contributed by atoms with Gasteiger partial charge in [0.15, 0.2) is 0 Å². The van der Waals surface area contributed by atoms with E-state index in [2.05, 4.69) is 5.32 Å². The molecule has 12 radical (unpaired) electrons. The number of nitrogens with zero attached hydrogens (tertiary/aromatic N) is 2. The Balaban J connectivity index is 1.42. The predicted molar refractivity (Wildman–Crippen MR) is 154 cm³/mol. The lowest BCUT2D eigenvalue weighted by Crippen LogP contribution is -2.66. The van der Waals surface area contributed by atoms with Crippen LogP contribution in [0.1, 0.15) is 27.0 Å². The summed E-state index contributed by atoms with van der Waals surface area (Å²) in [6.45, 7) is 1.99. The molecule has 2 aromatic rings. The molecule has 1 unspecified atom stereocenters. The van der Waals surface area contributed by atoms with Crippen molar-refractivity contribution < 1.29 is 28.6 Å². The Labute approximate surface area is 244 Å². The zero-order valence-corrected chi connectivity index (χ0v) is 22.1. The molecular weight excluding hydrogens is 520 g/mol. The van der Waals surface area contributed by atoms with Gasteiger partial charge in [0.2, 0.25) is 11.8 Å². The summed E-state index contributed by atoms with van der Waals surface area (Å²) in [5.74, 6) is -3.81. The maximum absolute atomic E-state index is 15.7. The molecule has 0 aromatic heterocycles. The van der Waals surface area contributed by atoms with E-state index >= 15 is 4.39 Å². The molecule has 16 heteroatoms. The standard InChI is InChI=1S/C25H21B6FN4O5/c26-16-14(9-35-4-6-41-7-5-35)18(32)12(19(37)17(16)27)8-33-15-3-1-2-11-13(15)10-36(22(11)39)20-21(38)34-23(40)25(30,31)24(20,28)29/h1-3,20,33,37H,4-10H2,(H,34,38,40). The van der Waals surface area contributed by atoms with Crippen LogP contribution in [0.4, 0.5) is 10.1 Å². The number of piperidine rings is 1. The third-order valence-corrected chi connectivity index (χ3v) is 7.96. The first-order chi connectivity index (χ1) is 19.3. The van der Waals surface area contributed by atoms with Gasteiger partial charge in [-0.25, -0.2) is 4.39 Å². The monoisotopic (exact) mass is 542 g/mol. The van der Waals surface area contributed by atoms with E-state index in [9.17, 15) is 19.5 Å². The number of hydrogen-bond donors (Lipinski definition) is 3. The van der Waals surface area contributed by atoms with Gasteiger partial charge in [-0.15, -0.1) is 0 Å². The normalized spacial score (nSPS) is 21.9. The fraction of sp³-hybridized carbons (Fsp3) is 0.400. The van der Waals surface area contributed by atoms with Gasteiger partial charge >= 0.3 is 0 Å². The minimum atomic E-state index is -2.36. The molecule has 0 saturated carbocycles. The molecule has 41 heavy (non-hydrogen) atoms. The number of aromatic hydroxyl groups is 1. The molecule has 5 rings (SSSR count). The number of phenolic OH excluding ortho intramolecular Hbond substituents is 1. The number of anilines is 1. The van der Waals surface area contributed by atoms with Crippen molar-refractivity contribution in [3.05, 3.63) is 46.3 Å². The maximum atomic E-state index is 15.7. The van der Waals surface area contributed by atoms with Gasteiger partial charge in [-0.2, -0.15) is 0 Å². The molecule has 3 heterocycles. The number of nitrogens with one attached hydrogen (secondary N) is 2. The highest BCUT2D eigenvalue weighted by atomic mass is 19.1. The predicted octanol–water partition coefficient (Wildman–Crippen LogP) is -2.55. The lowest BCUT2D eigenvalue weighted by molar-refractivity contribution is -0.138. The summed E-state index contributed by atoms with van der Waals surface area (Å²) in [4.78, 5) is 41.4. The van der Waals surface area contributed by atoms with Crippen LogP contribution >= 0.6 is 0 Å². The van der Waals surface area contributed by atoms with Crippen molar-refractivity contribution in [3.8, 4) is 5.75 Å². The largest absolute Gasteiger partial charge is 0.508 e. The zero-order valence-electron chi connectivity index (χ0n) is 22.1. The molecule has 1 atom stereocenters. The fourth-order valence-corrected chi connectivity index (χ4v) is 5.39. The first-order valence-corrected chi connectivity index (χ1v) is 12.8. The fourth-order valence-electron chi connectivity index (χ4n) is 5.39. The summed E-state index contributed by atoms with van der Waals surface area (Å²) in [5.41, 5.74) is 0.927. The van der Waals surface area contributed by atoms with Gasteiger partial charge in [0.05, 0.1) is 44.6 Å². The summed E-state index contributed by atoms with van der Waals surface area (Å²) in [5, 5.41) is 11.1. The molecule has 196 valence electrons. The molecule has 3 aliphatic heterocycles. The van der Waals surface area contributed by atoms with Crippen LogP contribution in [0, 0.1) is 5.82 Å². The van der Waals surface area contributed by atoms with E-state index in [0.29, 0.717) is 37.6 Å². The van der Waals surface area contributed by atoms with Crippen LogP contribution < -0.4 is 21.6 Å². The summed E-state index contributed by atoms with van der Waals surface area (Å²) in [6, 6.07) is 3.17. The van der Waals surface area contributed by atoms with E-state index in [1.165, 1.54) is 6.07 Å². The topological polar surface area (TPSA) is 111 Å². The number of ether oxygens (including phenoxy) is 1. The zero-order chi connectivity index (χ0) is 29.9. The molecule has 2 fully saturated rings. The molecule has 0 bridgehead atoms. The van der Waals surface area contributed by atoms with Crippen LogP contribution in [0.15, 0.2) is 18.2 Å². The smallest absolute Gasteiger partial charge is 0.255 e. The first-order valence-electron chi connectivity index (χ1n) is 12.8. The first kappa shape index (κ1) is 29.4. The Morgan fingerprint density at radius 1 is 1.07 bits per heavy atom. The quantitative estimate of drug-likeness (QED) is 0.273. The molecule has 3 N–H and O–H groups in total. The number of hydrogen-bond acceptors (Lipinski definition) is 7. The number of fused-ring (bicyclic) bond motifs is 1. The van der Waals surface area contributed by atoms with Gasteiger partial charge in [-0.05, 0) is 22.9 Å². The second kappa shape index (κ2) is 10.6. The highest BCUT2D eigenvalue weighted by molar-refractivity contribution is 6.63. The van der Waals surface area contributed by atoms with E-state index in [1.54, 1.807) is 12.1 Å². The number of carbonyl (C=O) groups is 3. The molecule has 0 aliphatic carbocycles. The Hall–Kier alpha value is -3.11. The van der Waals surface area contributed by atoms with Crippen LogP contribution in [0.5, 0.6) is 5.75 Å². The molecule has 9 nitrogen and oxygen atoms in total. The van der Waals surface area contributed by atoms with E-state index in [4.69, 9.17) is 51.8 Å². The van der Waals surface area contributed by atoms with Crippen LogP contribution in [0.2, 0.25) is 10.4 Å². The van der Waals surface area contributed by atoms with Crippen molar-refractivity contribution >= 4 is 81.4 Å². The SMILES string of the molecule is [B]c1c([B])c(CN2CCOCC2)c(F)c(CNc2cccc3c2CN(C2C(=O)NC(=O)C([B])([B])C2([B])[B])C3=O)c1O. The highest BCUT2D eigenvalue weighted by Crippen LogP contribution is 2.50. The summed E-state index contributed by atoms with van der Waals surface area (Å²) in [7, 11) is 36.0. The number of rotatable bonds is 6. The van der Waals surface area contributed by atoms with Crippen LogP contribution in [0.25, 0.3) is 0 Å². The number of amides is 3. The lowest BCUT2D eigenvalue weighted by Gasteiger charge is -2.53. The van der Waals surface area contributed by atoms with Gasteiger partial charge < -0.3 is 20.1 Å². The number of carbonyl (C=O) groups excluding carboxylic acids is 3. The highest BCUT2D eigenvalue weighted by Gasteiger charge is 2.56. The second-order valence-electron chi connectivity index (χ2n) is 10.5. The minimum Gasteiger partial charge on any atom is -0.508 e. The van der Waals surface area contributed by atoms with Crippen LogP contribution in [0.3, 0.4) is 0 Å². The van der Waals surface area contributed by atoms with Gasteiger partial charge in [0, 0.05) is 55.1 Å². The van der Waals surface area contributed by atoms with Crippen LogP contribution in [-0.4, -0.2) is 112 Å². The average molecular weight is 541 g/mol. The number of halogens is 1. The van der Waals surface area contributed by atoms with Crippen molar-refractivity contribution in [2.24, 2.45) is 0 Å². The van der Waals surface area contributed by atoms with Gasteiger partial charge in [-0.1, -0.05) is 22.2 Å². The second-order valence-corrected chi connectivity index (χ2v) is 10.5. The van der Waals surface area contributed by atoms with Crippen molar-refractivity contribution in [2.75, 3.05) is 31.6 Å². The molecule has 0 spiro atoms. The average Bonchev–Trinajstić information content (AvgIpc) is 3.26. The number of benzene rings is 2.